The molecule has 3 aromatic rings. The molecular weight excluding hydrogens is 392 g/mol. The van der Waals surface area contributed by atoms with Crippen LogP contribution in [0.5, 0.6) is 0 Å². The average molecular weight is 412 g/mol. The zero-order valence-electron chi connectivity index (χ0n) is 16.2. The number of carbonyl (C=O) groups is 2. The van der Waals surface area contributed by atoms with Gasteiger partial charge in [0.2, 0.25) is 0 Å². The van der Waals surface area contributed by atoms with Crippen molar-refractivity contribution in [1.29, 1.82) is 0 Å². The number of benzene rings is 1. The molecule has 1 aromatic carbocycles. The number of esters is 1. The number of fused-ring (bicyclic) bond motifs is 1. The van der Waals surface area contributed by atoms with Gasteiger partial charge in [-0.3, -0.25) is 4.79 Å². The second-order valence-corrected chi connectivity index (χ2v) is 7.62. The molecule has 2 N–H and O–H groups in total. The first-order chi connectivity index (χ1) is 13.8. The van der Waals surface area contributed by atoms with Crippen LogP contribution < -0.4 is 5.32 Å². The third-order valence-corrected chi connectivity index (χ3v) is 5.14. The number of hydrogen-bond donors (Lipinski definition) is 2. The summed E-state index contributed by atoms with van der Waals surface area (Å²) in [6.45, 7) is 7.17. The minimum Gasteiger partial charge on any atom is -0.612 e. The molecule has 2 heterocycles. The molecule has 0 aliphatic rings. The molecule has 1 atom stereocenters. The van der Waals surface area contributed by atoms with E-state index in [-0.39, 0.29) is 12.5 Å². The highest BCUT2D eigenvalue weighted by Crippen LogP contribution is 2.33. The number of hydrogen-bond acceptors (Lipinski definition) is 6. The van der Waals surface area contributed by atoms with Crippen LogP contribution in [0.2, 0.25) is 0 Å². The van der Waals surface area contributed by atoms with E-state index in [1.54, 1.807) is 32.0 Å². The number of H-pyrrole nitrogens is 1. The second-order valence-electron chi connectivity index (χ2n) is 6.27. The number of nitrogens with zero attached hydrogens (tertiary/aromatic N) is 2. The molecule has 0 radical (unpaired) electrons. The summed E-state index contributed by atoms with van der Waals surface area (Å²) in [7, 11) is 0. The molecule has 150 valence electrons. The fraction of sp³-hybridized carbons (Fsp3) is 0.200. The third kappa shape index (κ3) is 4.15. The Bertz CT molecular complexity index is 1110. The molecular formula is C20H20N4O4S. The SMILES string of the molecule is C=C(C)C(=O)Nc1cc(-c2ncnc3[nH]cc(C(=O)OCC)c23)ccc1[S+](C)[O-]. The zero-order valence-corrected chi connectivity index (χ0v) is 17.1. The smallest absolute Gasteiger partial charge is 0.340 e. The van der Waals surface area contributed by atoms with E-state index >= 15 is 0 Å². The lowest BCUT2D eigenvalue weighted by atomic mass is 10.1. The molecule has 0 aliphatic heterocycles. The van der Waals surface area contributed by atoms with Crippen molar-refractivity contribution >= 4 is 39.8 Å². The van der Waals surface area contributed by atoms with Crippen molar-refractivity contribution in [1.82, 2.24) is 15.0 Å². The number of ether oxygens (including phenoxy) is 1. The topological polar surface area (TPSA) is 120 Å². The van der Waals surface area contributed by atoms with Crippen LogP contribution in [0.4, 0.5) is 5.69 Å². The van der Waals surface area contributed by atoms with Gasteiger partial charge in [-0.1, -0.05) is 6.58 Å². The van der Waals surface area contributed by atoms with E-state index < -0.39 is 17.1 Å². The maximum Gasteiger partial charge on any atom is 0.340 e. The Morgan fingerprint density at radius 3 is 2.76 bits per heavy atom. The van der Waals surface area contributed by atoms with E-state index in [0.29, 0.717) is 44.0 Å². The van der Waals surface area contributed by atoms with Crippen LogP contribution in [-0.2, 0) is 20.7 Å². The maximum absolute atomic E-state index is 12.3. The summed E-state index contributed by atoms with van der Waals surface area (Å²) in [5, 5.41) is 3.23. The van der Waals surface area contributed by atoms with E-state index in [9.17, 15) is 14.1 Å². The summed E-state index contributed by atoms with van der Waals surface area (Å²) in [4.78, 5) is 36.4. The third-order valence-electron chi connectivity index (χ3n) is 4.16. The minimum absolute atomic E-state index is 0.239. The highest BCUT2D eigenvalue weighted by molar-refractivity contribution is 7.90. The van der Waals surface area contributed by atoms with Crippen molar-refractivity contribution in [2.24, 2.45) is 0 Å². The first-order valence-corrected chi connectivity index (χ1v) is 10.3. The maximum atomic E-state index is 12.3. The van der Waals surface area contributed by atoms with Crippen molar-refractivity contribution < 1.29 is 18.9 Å². The molecule has 1 unspecified atom stereocenters. The van der Waals surface area contributed by atoms with Gasteiger partial charge >= 0.3 is 5.97 Å². The molecule has 0 fully saturated rings. The molecule has 2 aromatic heterocycles. The Balaban J connectivity index is 2.17. The Labute approximate surface area is 170 Å². The van der Waals surface area contributed by atoms with Gasteiger partial charge in [0.1, 0.15) is 18.2 Å². The number of anilines is 1. The van der Waals surface area contributed by atoms with Crippen molar-refractivity contribution in [2.45, 2.75) is 18.7 Å². The highest BCUT2D eigenvalue weighted by atomic mass is 32.2. The largest absolute Gasteiger partial charge is 0.612 e. The van der Waals surface area contributed by atoms with Crippen LogP contribution in [0, 0.1) is 0 Å². The van der Waals surface area contributed by atoms with E-state index in [2.05, 4.69) is 26.8 Å². The molecule has 29 heavy (non-hydrogen) atoms. The molecule has 0 saturated carbocycles. The summed E-state index contributed by atoms with van der Waals surface area (Å²) in [6.07, 6.45) is 4.43. The molecule has 3 rings (SSSR count). The van der Waals surface area contributed by atoms with Crippen LogP contribution >= 0.6 is 0 Å². The molecule has 0 spiro atoms. The van der Waals surface area contributed by atoms with Gasteiger partial charge in [-0.25, -0.2) is 14.8 Å². The van der Waals surface area contributed by atoms with E-state index in [1.807, 2.05) is 0 Å². The number of rotatable bonds is 6. The van der Waals surface area contributed by atoms with Crippen LogP contribution in [0.25, 0.3) is 22.3 Å². The van der Waals surface area contributed by atoms with Crippen LogP contribution in [0.1, 0.15) is 24.2 Å². The summed E-state index contributed by atoms with van der Waals surface area (Å²) < 4.78 is 17.2. The van der Waals surface area contributed by atoms with Crippen molar-refractivity contribution in [3.8, 4) is 11.3 Å². The fourth-order valence-corrected chi connectivity index (χ4v) is 3.49. The average Bonchev–Trinajstić information content (AvgIpc) is 3.12. The summed E-state index contributed by atoms with van der Waals surface area (Å²) in [5.74, 6) is -0.868. The van der Waals surface area contributed by atoms with Gasteiger partial charge in [0.05, 0.1) is 28.9 Å². The lowest BCUT2D eigenvalue weighted by Gasteiger charge is -2.13. The van der Waals surface area contributed by atoms with Gasteiger partial charge in [0.25, 0.3) is 5.91 Å². The fourth-order valence-electron chi connectivity index (χ4n) is 2.81. The second kappa shape index (κ2) is 8.46. The number of aromatic nitrogens is 3. The van der Waals surface area contributed by atoms with Crippen LogP contribution in [0.3, 0.4) is 0 Å². The van der Waals surface area contributed by atoms with Gasteiger partial charge < -0.3 is 19.6 Å². The predicted octanol–water partition coefficient (Wildman–Crippen LogP) is 3.05. The van der Waals surface area contributed by atoms with Crippen molar-refractivity contribution in [3.05, 3.63) is 48.4 Å². The summed E-state index contributed by atoms with van der Waals surface area (Å²) in [6, 6.07) is 5.06. The number of carbonyl (C=O) groups excluding carboxylic acids is 2. The number of nitrogens with one attached hydrogen (secondary N) is 2. The highest BCUT2D eigenvalue weighted by Gasteiger charge is 2.21. The van der Waals surface area contributed by atoms with Gasteiger partial charge in [0, 0.05) is 17.3 Å². The molecule has 0 bridgehead atoms. The Hall–Kier alpha value is -3.17. The van der Waals surface area contributed by atoms with Crippen LogP contribution in [0.15, 0.2) is 47.8 Å². The molecule has 1 amide bonds. The lowest BCUT2D eigenvalue weighted by Crippen LogP contribution is -2.15. The van der Waals surface area contributed by atoms with E-state index in [4.69, 9.17) is 4.74 Å². The first kappa shape index (κ1) is 20.6. The lowest BCUT2D eigenvalue weighted by molar-refractivity contribution is -0.112. The minimum atomic E-state index is -1.33. The van der Waals surface area contributed by atoms with Gasteiger partial charge in [-0.05, 0) is 43.2 Å². The standard InChI is InChI=1S/C20H20N4O4S/c1-5-28-20(26)13-9-21-18-16(13)17(22-10-23-18)12-6-7-15(29(4)27)14(8-12)24-19(25)11(2)3/h6-10H,2,5H2,1,3-4H3,(H,24,25)(H,21,22,23). The number of aromatic amines is 1. The first-order valence-electron chi connectivity index (χ1n) is 8.77. The summed E-state index contributed by atoms with van der Waals surface area (Å²) in [5.41, 5.74) is 2.60. The molecule has 0 saturated heterocycles. The Kier molecular flexibility index (Phi) is 6.00. The van der Waals surface area contributed by atoms with Gasteiger partial charge in [-0.2, -0.15) is 0 Å². The van der Waals surface area contributed by atoms with E-state index in [0.717, 1.165) is 0 Å². The normalized spacial score (nSPS) is 11.9. The van der Waals surface area contributed by atoms with E-state index in [1.165, 1.54) is 18.8 Å². The zero-order chi connectivity index (χ0) is 21.1. The monoisotopic (exact) mass is 412 g/mol. The quantitative estimate of drug-likeness (QED) is 0.365. The van der Waals surface area contributed by atoms with Crippen LogP contribution in [-0.4, -0.2) is 44.2 Å². The Morgan fingerprint density at radius 2 is 2.10 bits per heavy atom. The van der Waals surface area contributed by atoms with Gasteiger partial charge in [-0.15, -0.1) is 0 Å². The Morgan fingerprint density at radius 1 is 1.34 bits per heavy atom. The molecule has 9 heteroatoms. The molecule has 8 nitrogen and oxygen atoms in total. The van der Waals surface area contributed by atoms with Crippen molar-refractivity contribution in [3.63, 3.8) is 0 Å². The van der Waals surface area contributed by atoms with Gasteiger partial charge in [0.15, 0.2) is 4.90 Å². The molecule has 0 aliphatic carbocycles. The predicted molar refractivity (Wildman–Crippen MR) is 111 cm³/mol. The number of amides is 1. The van der Waals surface area contributed by atoms with Crippen molar-refractivity contribution in [2.75, 3.05) is 18.2 Å². The summed E-state index contributed by atoms with van der Waals surface area (Å²) >= 11 is -1.33.